The number of allylic oxidation sites excluding steroid dienone is 6. The zero-order valence-electron chi connectivity index (χ0n) is 23.7. The van der Waals surface area contributed by atoms with E-state index in [1.165, 1.54) is 19.1 Å². The molecule has 1 unspecified atom stereocenters. The molecule has 2 rings (SSSR count). The largest absolute Gasteiger partial charge is 0.472 e. The molecule has 0 saturated carbocycles. The van der Waals surface area contributed by atoms with E-state index in [1.807, 2.05) is 58.0 Å². The van der Waals surface area contributed by atoms with Crippen LogP contribution >= 0.6 is 0 Å². The molecule has 0 radical (unpaired) electrons. The topological polar surface area (TPSA) is 42.6 Å². The van der Waals surface area contributed by atoms with E-state index in [4.69, 9.17) is 14.2 Å². The summed E-state index contributed by atoms with van der Waals surface area (Å²) in [5.41, 5.74) is 4.69. The minimum atomic E-state index is -1.56. The Hall–Kier alpha value is -3.08. The summed E-state index contributed by atoms with van der Waals surface area (Å²) in [6.45, 7) is 14.6. The standard InChI is InChI=1S/C30H39F2NO.C2H4O/c1-8-10-24(25-11-14-27(31)15-12-25)13-16-29(21(3)4)33-22(5)28(30(6,7)32)19-23(9-2)26-17-18-34-20-26;1-2-3/h9,11-12,14-15,17-20,24H,8,10,13,16H2,1-7H3;2H,1H3/b23-9+,28-19+,33-22?;. The van der Waals surface area contributed by atoms with Crippen LogP contribution in [0.15, 0.2) is 81.3 Å². The quantitative estimate of drug-likeness (QED) is 0.171. The van der Waals surface area contributed by atoms with Crippen molar-refractivity contribution in [3.63, 3.8) is 0 Å². The smallest absolute Gasteiger partial charge is 0.132 e. The molecule has 0 aliphatic rings. The maximum absolute atomic E-state index is 15.3. The molecule has 202 valence electrons. The molecule has 2 aromatic rings. The molecule has 0 amide bonds. The van der Waals surface area contributed by atoms with Crippen LogP contribution in [0.4, 0.5) is 8.78 Å². The van der Waals surface area contributed by atoms with Crippen molar-refractivity contribution < 1.29 is 18.0 Å². The number of nitrogens with zero attached hydrogens (tertiary/aromatic N) is 1. The lowest BCUT2D eigenvalue weighted by molar-refractivity contribution is -0.106. The number of benzene rings is 1. The van der Waals surface area contributed by atoms with Crippen LogP contribution in [0.2, 0.25) is 0 Å². The van der Waals surface area contributed by atoms with Crippen LogP contribution in [0.25, 0.3) is 5.57 Å². The SMILES string of the molecule is C/C=C(\C=C(/C(C)=NC(CCC(CCC)c1ccc(F)cc1)=C(C)C)C(C)(C)F)c1ccoc1.CC=O. The predicted molar refractivity (Wildman–Crippen MR) is 152 cm³/mol. The number of rotatable bonds is 11. The number of aldehydes is 1. The molecule has 0 aliphatic heterocycles. The minimum Gasteiger partial charge on any atom is -0.472 e. The number of furan rings is 1. The lowest BCUT2D eigenvalue weighted by Gasteiger charge is -2.21. The summed E-state index contributed by atoms with van der Waals surface area (Å²) in [5, 5.41) is 0. The highest BCUT2D eigenvalue weighted by Gasteiger charge is 2.25. The molecular weight excluding hydrogens is 468 g/mol. The van der Waals surface area contributed by atoms with Crippen LogP contribution < -0.4 is 0 Å². The molecule has 37 heavy (non-hydrogen) atoms. The number of halogens is 2. The summed E-state index contributed by atoms with van der Waals surface area (Å²) in [6, 6.07) is 8.69. The highest BCUT2D eigenvalue weighted by atomic mass is 19.1. The van der Waals surface area contributed by atoms with E-state index in [0.29, 0.717) is 17.2 Å². The molecule has 0 bridgehead atoms. The van der Waals surface area contributed by atoms with Gasteiger partial charge in [0, 0.05) is 22.5 Å². The van der Waals surface area contributed by atoms with Gasteiger partial charge in [-0.1, -0.05) is 37.1 Å². The third-order valence-electron chi connectivity index (χ3n) is 6.08. The van der Waals surface area contributed by atoms with Gasteiger partial charge in [-0.3, -0.25) is 4.99 Å². The summed E-state index contributed by atoms with van der Waals surface area (Å²) in [6.07, 6.45) is 11.6. The van der Waals surface area contributed by atoms with Crippen LogP contribution in [0.5, 0.6) is 0 Å². The van der Waals surface area contributed by atoms with E-state index in [0.717, 1.165) is 59.9 Å². The lowest BCUT2D eigenvalue weighted by atomic mass is 9.89. The van der Waals surface area contributed by atoms with Crippen molar-refractivity contribution in [2.75, 3.05) is 0 Å². The van der Waals surface area contributed by atoms with E-state index >= 15 is 4.39 Å². The van der Waals surface area contributed by atoms with Gasteiger partial charge >= 0.3 is 0 Å². The van der Waals surface area contributed by atoms with Crippen molar-refractivity contribution in [3.8, 4) is 0 Å². The Balaban J connectivity index is 0.00000217. The highest BCUT2D eigenvalue weighted by molar-refractivity contribution is 6.02. The number of alkyl halides is 1. The molecule has 1 heterocycles. The summed E-state index contributed by atoms with van der Waals surface area (Å²) in [5.74, 6) is 0.118. The molecule has 1 atom stereocenters. The van der Waals surface area contributed by atoms with Crippen molar-refractivity contribution in [3.05, 3.63) is 88.8 Å². The van der Waals surface area contributed by atoms with Gasteiger partial charge in [-0.05, 0) is 109 Å². The average Bonchev–Trinajstić information content (AvgIpc) is 3.36. The van der Waals surface area contributed by atoms with Crippen LogP contribution in [-0.2, 0) is 4.79 Å². The fraction of sp³-hybridized carbons (Fsp3) is 0.438. The third kappa shape index (κ3) is 10.8. The van der Waals surface area contributed by atoms with Crippen LogP contribution in [0.1, 0.15) is 98.1 Å². The van der Waals surface area contributed by atoms with Crippen molar-refractivity contribution in [2.24, 2.45) is 4.99 Å². The number of carbonyl (C=O) groups excluding carboxylic acids is 1. The second-order valence-corrected chi connectivity index (χ2v) is 9.74. The van der Waals surface area contributed by atoms with Crippen LogP contribution in [0, 0.1) is 5.82 Å². The summed E-state index contributed by atoms with van der Waals surface area (Å²) >= 11 is 0. The highest BCUT2D eigenvalue weighted by Crippen LogP contribution is 2.31. The van der Waals surface area contributed by atoms with Gasteiger partial charge in [0.05, 0.1) is 12.5 Å². The first-order valence-electron chi connectivity index (χ1n) is 13.0. The van der Waals surface area contributed by atoms with Crippen molar-refractivity contribution in [1.82, 2.24) is 0 Å². The van der Waals surface area contributed by atoms with E-state index in [1.54, 1.807) is 26.4 Å². The molecule has 1 aromatic carbocycles. The average molecular weight is 512 g/mol. The van der Waals surface area contributed by atoms with Crippen molar-refractivity contribution in [2.45, 2.75) is 92.7 Å². The normalized spacial score (nSPS) is 13.5. The second-order valence-electron chi connectivity index (χ2n) is 9.74. The molecule has 0 saturated heterocycles. The maximum atomic E-state index is 15.3. The van der Waals surface area contributed by atoms with Crippen molar-refractivity contribution in [1.29, 1.82) is 0 Å². The van der Waals surface area contributed by atoms with Gasteiger partial charge in [0.15, 0.2) is 0 Å². The Bertz CT molecular complexity index is 1080. The minimum absolute atomic E-state index is 0.215. The molecule has 0 aliphatic carbocycles. The fourth-order valence-electron chi connectivity index (χ4n) is 4.18. The number of carbonyl (C=O) groups is 1. The monoisotopic (exact) mass is 511 g/mol. The molecule has 0 spiro atoms. The van der Waals surface area contributed by atoms with Crippen LogP contribution in [0.3, 0.4) is 0 Å². The van der Waals surface area contributed by atoms with Gasteiger partial charge in [-0.2, -0.15) is 0 Å². The van der Waals surface area contributed by atoms with E-state index in [9.17, 15) is 4.39 Å². The Kier molecular flexibility index (Phi) is 13.7. The number of hydrogen-bond acceptors (Lipinski definition) is 3. The van der Waals surface area contributed by atoms with Gasteiger partial charge < -0.3 is 9.21 Å². The lowest BCUT2D eigenvalue weighted by Crippen LogP contribution is -2.22. The zero-order valence-corrected chi connectivity index (χ0v) is 23.7. The molecule has 0 N–H and O–H groups in total. The van der Waals surface area contributed by atoms with Gasteiger partial charge in [-0.25, -0.2) is 8.78 Å². The molecular formula is C32H43F2NO2. The Morgan fingerprint density at radius 2 is 1.70 bits per heavy atom. The fourth-order valence-corrected chi connectivity index (χ4v) is 4.18. The summed E-state index contributed by atoms with van der Waals surface area (Å²) in [7, 11) is 0. The first-order chi connectivity index (χ1) is 17.5. The molecule has 1 aromatic heterocycles. The molecule has 0 fully saturated rings. The molecule has 3 nitrogen and oxygen atoms in total. The van der Waals surface area contributed by atoms with E-state index < -0.39 is 5.67 Å². The van der Waals surface area contributed by atoms with Gasteiger partial charge in [0.25, 0.3) is 0 Å². The van der Waals surface area contributed by atoms with Gasteiger partial charge in [0.2, 0.25) is 0 Å². The summed E-state index contributed by atoms with van der Waals surface area (Å²) < 4.78 is 33.9. The van der Waals surface area contributed by atoms with Crippen molar-refractivity contribution >= 4 is 17.6 Å². The second kappa shape index (κ2) is 15.9. The first-order valence-corrected chi connectivity index (χ1v) is 13.0. The van der Waals surface area contributed by atoms with E-state index in [-0.39, 0.29) is 5.82 Å². The maximum Gasteiger partial charge on any atom is 0.132 e. The Morgan fingerprint density at radius 3 is 2.16 bits per heavy atom. The Labute approximate surface area is 222 Å². The molecule has 5 heteroatoms. The van der Waals surface area contributed by atoms with Crippen LogP contribution in [-0.4, -0.2) is 17.7 Å². The third-order valence-corrected chi connectivity index (χ3v) is 6.08. The number of aliphatic imine (C=N–C) groups is 1. The zero-order chi connectivity index (χ0) is 28.0. The Morgan fingerprint density at radius 1 is 1.08 bits per heavy atom. The van der Waals surface area contributed by atoms with E-state index in [2.05, 4.69) is 6.92 Å². The van der Waals surface area contributed by atoms with Gasteiger partial charge in [-0.15, -0.1) is 0 Å². The first kappa shape index (κ1) is 31.9. The number of hydrogen-bond donors (Lipinski definition) is 0. The summed E-state index contributed by atoms with van der Waals surface area (Å²) in [4.78, 5) is 13.7. The van der Waals surface area contributed by atoms with Gasteiger partial charge in [0.1, 0.15) is 17.8 Å². The predicted octanol–water partition coefficient (Wildman–Crippen LogP) is 9.82.